The number of anilines is 1. The van der Waals surface area contributed by atoms with Crippen molar-refractivity contribution in [1.29, 1.82) is 0 Å². The molecule has 3 N–H and O–H groups in total. The van der Waals surface area contributed by atoms with E-state index in [0.717, 1.165) is 6.07 Å². The van der Waals surface area contributed by atoms with E-state index in [0.29, 0.717) is 11.8 Å². The topological polar surface area (TPSA) is 133 Å². The molecule has 0 radical (unpaired) electrons. The first-order valence-electron chi connectivity index (χ1n) is 10.3. The number of halogens is 2. The van der Waals surface area contributed by atoms with Crippen LogP contribution in [0.25, 0.3) is 11.1 Å². The van der Waals surface area contributed by atoms with Crippen molar-refractivity contribution in [2.45, 2.75) is 19.4 Å². The van der Waals surface area contributed by atoms with Crippen molar-refractivity contribution in [2.24, 2.45) is 7.05 Å². The number of ether oxygens (including phenoxy) is 1. The number of urea groups is 1. The van der Waals surface area contributed by atoms with Crippen LogP contribution in [0.1, 0.15) is 23.7 Å². The van der Waals surface area contributed by atoms with Crippen LogP contribution in [0, 0.1) is 18.6 Å². The molecule has 1 heterocycles. The first-order chi connectivity index (χ1) is 16.5. The quantitative estimate of drug-likeness (QED) is 0.386. The molecule has 0 aliphatic rings. The van der Waals surface area contributed by atoms with Crippen LogP contribution in [0.2, 0.25) is 0 Å². The summed E-state index contributed by atoms with van der Waals surface area (Å²) in [6, 6.07) is 6.37. The summed E-state index contributed by atoms with van der Waals surface area (Å²) >= 11 is 0. The number of amides is 2. The molecule has 1 aromatic heterocycles. The Hall–Kier alpha value is -3.41. The second-order valence-electron chi connectivity index (χ2n) is 7.76. The molecule has 12 heteroatoms. The SMILES string of the molecule is COc1cc(-c2ccc(F)cc2F)cc([C@H](CC(=O)O)NC(=O)Nc2c([O-])cc(C)n(C)c2=O)c1.[Na+]. The molecule has 0 aliphatic carbocycles. The van der Waals surface area contributed by atoms with E-state index in [-0.39, 0.29) is 52.0 Å². The van der Waals surface area contributed by atoms with Crippen LogP contribution in [-0.4, -0.2) is 28.8 Å². The molecule has 36 heavy (non-hydrogen) atoms. The number of methoxy groups -OCH3 is 1. The molecule has 0 saturated heterocycles. The van der Waals surface area contributed by atoms with Crippen molar-refractivity contribution in [3.63, 3.8) is 0 Å². The summed E-state index contributed by atoms with van der Waals surface area (Å²) in [5.41, 5.74) is -0.306. The Bertz CT molecular complexity index is 1360. The Morgan fingerprint density at radius 3 is 2.47 bits per heavy atom. The molecular weight excluding hydrogens is 487 g/mol. The fourth-order valence-corrected chi connectivity index (χ4v) is 3.46. The number of hydrogen-bond acceptors (Lipinski definition) is 5. The van der Waals surface area contributed by atoms with Gasteiger partial charge >= 0.3 is 41.6 Å². The Morgan fingerprint density at radius 1 is 1.17 bits per heavy atom. The number of aliphatic carboxylic acids is 1. The maximum atomic E-state index is 14.4. The number of hydrogen-bond donors (Lipinski definition) is 3. The summed E-state index contributed by atoms with van der Waals surface area (Å²) in [5.74, 6) is -3.35. The van der Waals surface area contributed by atoms with E-state index < -0.39 is 53.1 Å². The normalized spacial score (nSPS) is 11.2. The summed E-state index contributed by atoms with van der Waals surface area (Å²) in [6.45, 7) is 1.56. The smallest absolute Gasteiger partial charge is 0.871 e. The minimum absolute atomic E-state index is 0. The fourth-order valence-electron chi connectivity index (χ4n) is 3.46. The first kappa shape index (κ1) is 28.8. The van der Waals surface area contributed by atoms with Gasteiger partial charge in [-0.15, -0.1) is 0 Å². The van der Waals surface area contributed by atoms with Crippen LogP contribution in [0.4, 0.5) is 19.3 Å². The second-order valence-corrected chi connectivity index (χ2v) is 7.76. The van der Waals surface area contributed by atoms with Crippen LogP contribution in [-0.2, 0) is 11.8 Å². The van der Waals surface area contributed by atoms with Crippen molar-refractivity contribution in [3.05, 3.63) is 75.7 Å². The van der Waals surface area contributed by atoms with E-state index in [9.17, 15) is 33.4 Å². The predicted octanol–water partition coefficient (Wildman–Crippen LogP) is 0.0626. The zero-order valence-electron chi connectivity index (χ0n) is 20.0. The van der Waals surface area contributed by atoms with Gasteiger partial charge in [0.05, 0.1) is 19.6 Å². The van der Waals surface area contributed by atoms with Crippen molar-refractivity contribution in [1.82, 2.24) is 9.88 Å². The van der Waals surface area contributed by atoms with E-state index in [2.05, 4.69) is 10.6 Å². The van der Waals surface area contributed by atoms with Gasteiger partial charge in [-0.3, -0.25) is 9.59 Å². The van der Waals surface area contributed by atoms with E-state index in [1.165, 1.54) is 49.1 Å². The van der Waals surface area contributed by atoms with Gasteiger partial charge < -0.3 is 30.2 Å². The molecule has 1 atom stereocenters. The molecule has 0 saturated carbocycles. The number of aromatic nitrogens is 1. The summed E-state index contributed by atoms with van der Waals surface area (Å²) in [6.07, 6.45) is -0.581. The summed E-state index contributed by atoms with van der Waals surface area (Å²) < 4.78 is 34.2. The van der Waals surface area contributed by atoms with E-state index >= 15 is 0 Å². The van der Waals surface area contributed by atoms with Crippen LogP contribution in [0.5, 0.6) is 11.5 Å². The Morgan fingerprint density at radius 2 is 1.86 bits per heavy atom. The maximum Gasteiger partial charge on any atom is 1.00 e. The Labute approximate surface area is 227 Å². The van der Waals surface area contributed by atoms with Crippen LogP contribution in [0.15, 0.2) is 47.3 Å². The van der Waals surface area contributed by atoms with E-state index in [1.807, 2.05) is 0 Å². The second kappa shape index (κ2) is 12.0. The minimum atomic E-state index is -1.26. The van der Waals surface area contributed by atoms with Gasteiger partial charge in [0.15, 0.2) is 0 Å². The van der Waals surface area contributed by atoms with Crippen molar-refractivity contribution < 1.29 is 62.9 Å². The summed E-state index contributed by atoms with van der Waals surface area (Å²) in [4.78, 5) is 36.5. The van der Waals surface area contributed by atoms with Gasteiger partial charge in [-0.2, -0.15) is 0 Å². The molecule has 0 aliphatic heterocycles. The number of carboxylic acid groups (broad SMARTS) is 1. The number of carboxylic acids is 1. The van der Waals surface area contributed by atoms with Crippen molar-refractivity contribution >= 4 is 17.7 Å². The summed E-state index contributed by atoms with van der Waals surface area (Å²) in [7, 11) is 2.78. The summed E-state index contributed by atoms with van der Waals surface area (Å²) in [5, 5.41) is 26.2. The number of benzene rings is 2. The van der Waals surface area contributed by atoms with Gasteiger partial charge in [-0.05, 0) is 54.4 Å². The molecule has 0 bridgehead atoms. The molecule has 2 amide bonds. The predicted molar refractivity (Wildman–Crippen MR) is 121 cm³/mol. The van der Waals surface area contributed by atoms with Gasteiger partial charge in [0, 0.05) is 24.4 Å². The standard InChI is InChI=1S/C24H23F2N3O6.Na/c1-12-6-20(30)22(23(33)29(12)2)28-24(34)27-19(11-21(31)32)14-7-13(8-16(9-14)35-3)17-5-4-15(25)10-18(17)26;/h4-10,19,30H,11H2,1-3H3,(H,31,32)(H2,27,28,34);/q;+1/p-1/t19-;/m0./s1. The van der Waals surface area contributed by atoms with Gasteiger partial charge in [-0.1, -0.05) is 5.75 Å². The average molecular weight is 509 g/mol. The number of nitrogens with one attached hydrogen (secondary N) is 2. The Balaban J connectivity index is 0.00000456. The van der Waals surface area contributed by atoms with E-state index in [4.69, 9.17) is 4.74 Å². The van der Waals surface area contributed by atoms with E-state index in [1.54, 1.807) is 6.92 Å². The number of nitrogens with zero attached hydrogens (tertiary/aromatic N) is 1. The average Bonchev–Trinajstić information content (AvgIpc) is 2.79. The third-order valence-electron chi connectivity index (χ3n) is 5.37. The molecule has 3 rings (SSSR count). The van der Waals surface area contributed by atoms with Crippen molar-refractivity contribution in [2.75, 3.05) is 12.4 Å². The van der Waals surface area contributed by atoms with Crippen LogP contribution >= 0.6 is 0 Å². The molecule has 0 unspecified atom stereocenters. The molecule has 0 fully saturated rings. The molecular formula is C24H22F2N3NaO6. The number of carbonyl (C=O) groups is 2. The molecule has 0 spiro atoms. The molecule has 184 valence electrons. The Kier molecular flexibility index (Phi) is 9.62. The first-order valence-corrected chi connectivity index (χ1v) is 10.3. The van der Waals surface area contributed by atoms with Crippen LogP contribution in [0.3, 0.4) is 0 Å². The van der Waals surface area contributed by atoms with Gasteiger partial charge in [0.1, 0.15) is 23.1 Å². The maximum absolute atomic E-state index is 14.4. The molecule has 2 aromatic carbocycles. The monoisotopic (exact) mass is 509 g/mol. The van der Waals surface area contributed by atoms with Gasteiger partial charge in [0.2, 0.25) is 0 Å². The zero-order chi connectivity index (χ0) is 25.9. The zero-order valence-corrected chi connectivity index (χ0v) is 22.0. The third kappa shape index (κ3) is 6.62. The third-order valence-corrected chi connectivity index (χ3v) is 5.37. The van der Waals surface area contributed by atoms with Crippen LogP contribution < -0.4 is 55.6 Å². The molecule has 3 aromatic rings. The number of pyridine rings is 1. The number of carbonyl (C=O) groups excluding carboxylic acids is 1. The fraction of sp³-hybridized carbons (Fsp3) is 0.208. The number of aryl methyl sites for hydroxylation is 1. The number of rotatable bonds is 7. The van der Waals surface area contributed by atoms with Crippen molar-refractivity contribution in [3.8, 4) is 22.6 Å². The minimum Gasteiger partial charge on any atom is -0.871 e. The van der Waals surface area contributed by atoms with Gasteiger partial charge in [0.25, 0.3) is 5.56 Å². The van der Waals surface area contributed by atoms with Gasteiger partial charge in [-0.25, -0.2) is 13.6 Å². The molecule has 9 nitrogen and oxygen atoms in total. The largest absolute Gasteiger partial charge is 1.00 e.